The standard InChI is InChI=1S/C19H13BrN4OS/c20-14-10-22-24(12-14)16-9-5-4-8-15(16)23-18(25)17-11-21-19(26-17)13-6-2-1-3-7-13/h1-12H,(H,23,25). The molecule has 0 aliphatic rings. The van der Waals surface area contributed by atoms with Crippen molar-refractivity contribution in [1.82, 2.24) is 14.8 Å². The number of hydrogen-bond acceptors (Lipinski definition) is 4. The second kappa shape index (κ2) is 7.23. The molecule has 0 saturated carbocycles. The zero-order valence-corrected chi connectivity index (χ0v) is 15.9. The molecule has 2 heterocycles. The number of carbonyl (C=O) groups is 1. The van der Waals surface area contributed by atoms with Gasteiger partial charge in [-0.2, -0.15) is 5.10 Å². The van der Waals surface area contributed by atoms with Crippen LogP contribution in [0, 0.1) is 0 Å². The quantitative estimate of drug-likeness (QED) is 0.500. The highest BCUT2D eigenvalue weighted by Crippen LogP contribution is 2.27. The van der Waals surface area contributed by atoms with Crippen molar-refractivity contribution in [2.45, 2.75) is 0 Å². The Morgan fingerprint density at radius 2 is 1.81 bits per heavy atom. The molecule has 4 aromatic rings. The molecule has 5 nitrogen and oxygen atoms in total. The van der Waals surface area contributed by atoms with Crippen LogP contribution in [-0.2, 0) is 0 Å². The highest BCUT2D eigenvalue weighted by atomic mass is 79.9. The summed E-state index contributed by atoms with van der Waals surface area (Å²) in [7, 11) is 0. The monoisotopic (exact) mass is 424 g/mol. The lowest BCUT2D eigenvalue weighted by Crippen LogP contribution is -2.12. The van der Waals surface area contributed by atoms with Gasteiger partial charge in [0.2, 0.25) is 0 Å². The van der Waals surface area contributed by atoms with Gasteiger partial charge in [-0.25, -0.2) is 9.67 Å². The summed E-state index contributed by atoms with van der Waals surface area (Å²) in [6.07, 6.45) is 5.15. The Morgan fingerprint density at radius 1 is 1.04 bits per heavy atom. The molecule has 0 spiro atoms. The number of rotatable bonds is 4. The van der Waals surface area contributed by atoms with Gasteiger partial charge in [-0.3, -0.25) is 4.79 Å². The molecule has 128 valence electrons. The summed E-state index contributed by atoms with van der Waals surface area (Å²) in [6, 6.07) is 17.3. The molecule has 7 heteroatoms. The number of amides is 1. The number of benzene rings is 2. The smallest absolute Gasteiger partial charge is 0.267 e. The first kappa shape index (κ1) is 16.7. The zero-order valence-electron chi connectivity index (χ0n) is 13.5. The Kier molecular flexibility index (Phi) is 4.64. The molecule has 2 aromatic heterocycles. The van der Waals surface area contributed by atoms with Gasteiger partial charge in [0.1, 0.15) is 9.88 Å². The molecular weight excluding hydrogens is 412 g/mol. The molecule has 1 N–H and O–H groups in total. The van der Waals surface area contributed by atoms with Crippen molar-refractivity contribution < 1.29 is 4.79 Å². The van der Waals surface area contributed by atoms with Gasteiger partial charge in [0, 0.05) is 11.8 Å². The van der Waals surface area contributed by atoms with E-state index >= 15 is 0 Å². The van der Waals surface area contributed by atoms with Gasteiger partial charge < -0.3 is 5.32 Å². The van der Waals surface area contributed by atoms with Gasteiger partial charge in [-0.1, -0.05) is 42.5 Å². The maximum absolute atomic E-state index is 12.7. The fourth-order valence-electron chi connectivity index (χ4n) is 2.49. The molecule has 0 aliphatic carbocycles. The number of carbonyl (C=O) groups excluding carboxylic acids is 1. The third-order valence-electron chi connectivity index (χ3n) is 3.70. The van der Waals surface area contributed by atoms with Crippen LogP contribution < -0.4 is 5.32 Å². The maximum atomic E-state index is 12.7. The number of para-hydroxylation sites is 2. The lowest BCUT2D eigenvalue weighted by molar-refractivity contribution is 0.103. The molecule has 0 fully saturated rings. The zero-order chi connectivity index (χ0) is 17.9. The van der Waals surface area contributed by atoms with Crippen molar-refractivity contribution in [3.8, 4) is 16.3 Å². The first-order valence-electron chi connectivity index (χ1n) is 7.83. The van der Waals surface area contributed by atoms with Crippen LogP contribution in [0.25, 0.3) is 16.3 Å². The SMILES string of the molecule is O=C(Nc1ccccc1-n1cc(Br)cn1)c1cnc(-c2ccccc2)s1. The highest BCUT2D eigenvalue weighted by Gasteiger charge is 2.14. The topological polar surface area (TPSA) is 59.8 Å². The molecule has 0 bridgehead atoms. The van der Waals surface area contributed by atoms with Crippen LogP contribution in [-0.4, -0.2) is 20.7 Å². The van der Waals surface area contributed by atoms with Crippen LogP contribution in [0.2, 0.25) is 0 Å². The van der Waals surface area contributed by atoms with E-state index in [9.17, 15) is 4.79 Å². The fraction of sp³-hybridized carbons (Fsp3) is 0. The Bertz CT molecular complexity index is 1060. The van der Waals surface area contributed by atoms with E-state index in [4.69, 9.17) is 0 Å². The largest absolute Gasteiger partial charge is 0.319 e. The molecular formula is C19H13BrN4OS. The average molecular weight is 425 g/mol. The van der Waals surface area contributed by atoms with Crippen LogP contribution in [0.15, 0.2) is 77.7 Å². The highest BCUT2D eigenvalue weighted by molar-refractivity contribution is 9.10. The van der Waals surface area contributed by atoms with Gasteiger partial charge in [0.05, 0.1) is 28.2 Å². The van der Waals surface area contributed by atoms with Crippen molar-refractivity contribution in [2.75, 3.05) is 5.32 Å². The second-order valence-corrected chi connectivity index (χ2v) is 7.42. The van der Waals surface area contributed by atoms with E-state index in [-0.39, 0.29) is 5.91 Å². The van der Waals surface area contributed by atoms with E-state index in [1.54, 1.807) is 17.1 Å². The Balaban J connectivity index is 1.59. The predicted molar refractivity (Wildman–Crippen MR) is 107 cm³/mol. The second-order valence-electron chi connectivity index (χ2n) is 5.47. The van der Waals surface area contributed by atoms with E-state index in [0.717, 1.165) is 20.7 Å². The lowest BCUT2D eigenvalue weighted by atomic mass is 10.2. The lowest BCUT2D eigenvalue weighted by Gasteiger charge is -2.10. The minimum Gasteiger partial charge on any atom is -0.319 e. The third-order valence-corrected chi connectivity index (χ3v) is 5.16. The maximum Gasteiger partial charge on any atom is 0.267 e. The van der Waals surface area contributed by atoms with Gasteiger partial charge in [-0.15, -0.1) is 11.3 Å². The number of anilines is 1. The van der Waals surface area contributed by atoms with Crippen molar-refractivity contribution in [3.05, 3.63) is 82.5 Å². The summed E-state index contributed by atoms with van der Waals surface area (Å²) in [5.74, 6) is -0.191. The number of halogens is 1. The van der Waals surface area contributed by atoms with E-state index in [2.05, 4.69) is 31.3 Å². The van der Waals surface area contributed by atoms with Gasteiger partial charge >= 0.3 is 0 Å². The van der Waals surface area contributed by atoms with Crippen molar-refractivity contribution in [3.63, 3.8) is 0 Å². The number of nitrogens with one attached hydrogen (secondary N) is 1. The molecule has 26 heavy (non-hydrogen) atoms. The minimum atomic E-state index is -0.191. The summed E-state index contributed by atoms with van der Waals surface area (Å²) >= 11 is 4.76. The molecule has 0 saturated heterocycles. The van der Waals surface area contributed by atoms with Gasteiger partial charge in [0.25, 0.3) is 5.91 Å². The molecule has 1 amide bonds. The van der Waals surface area contributed by atoms with Crippen molar-refractivity contribution >= 4 is 38.9 Å². The van der Waals surface area contributed by atoms with E-state index in [0.29, 0.717) is 10.6 Å². The minimum absolute atomic E-state index is 0.191. The molecule has 0 radical (unpaired) electrons. The normalized spacial score (nSPS) is 10.7. The van der Waals surface area contributed by atoms with Gasteiger partial charge in [0.15, 0.2) is 0 Å². The van der Waals surface area contributed by atoms with Crippen LogP contribution in [0.5, 0.6) is 0 Å². The number of nitrogens with zero attached hydrogens (tertiary/aromatic N) is 3. The van der Waals surface area contributed by atoms with Crippen LogP contribution in [0.3, 0.4) is 0 Å². The number of thiazole rings is 1. The van der Waals surface area contributed by atoms with Crippen LogP contribution in [0.1, 0.15) is 9.67 Å². The van der Waals surface area contributed by atoms with Crippen molar-refractivity contribution in [2.24, 2.45) is 0 Å². The number of aromatic nitrogens is 3. The summed E-state index contributed by atoms with van der Waals surface area (Å²) in [4.78, 5) is 17.6. The molecule has 0 atom stereocenters. The average Bonchev–Trinajstić information content (AvgIpc) is 3.32. The van der Waals surface area contributed by atoms with Crippen molar-refractivity contribution in [1.29, 1.82) is 0 Å². The predicted octanol–water partition coefficient (Wildman–Crippen LogP) is 5.01. The number of hydrogen-bond donors (Lipinski definition) is 1. The summed E-state index contributed by atoms with van der Waals surface area (Å²) in [5.41, 5.74) is 2.47. The first-order chi connectivity index (χ1) is 12.7. The Morgan fingerprint density at radius 3 is 2.58 bits per heavy atom. The molecule has 0 unspecified atom stereocenters. The summed E-state index contributed by atoms with van der Waals surface area (Å²) in [6.45, 7) is 0. The van der Waals surface area contributed by atoms with Crippen LogP contribution >= 0.6 is 27.3 Å². The molecule has 0 aliphatic heterocycles. The Hall–Kier alpha value is -2.77. The Labute approximate surface area is 162 Å². The van der Waals surface area contributed by atoms with E-state index in [1.807, 2.05) is 60.8 Å². The van der Waals surface area contributed by atoms with Crippen LogP contribution in [0.4, 0.5) is 5.69 Å². The van der Waals surface area contributed by atoms with Gasteiger partial charge in [-0.05, 0) is 28.1 Å². The fourth-order valence-corrected chi connectivity index (χ4v) is 3.59. The molecule has 2 aromatic carbocycles. The van der Waals surface area contributed by atoms with E-state index < -0.39 is 0 Å². The molecule has 4 rings (SSSR count). The summed E-state index contributed by atoms with van der Waals surface area (Å²) in [5, 5.41) is 8.05. The first-order valence-corrected chi connectivity index (χ1v) is 9.44. The van der Waals surface area contributed by atoms with E-state index in [1.165, 1.54) is 11.3 Å². The summed E-state index contributed by atoms with van der Waals surface area (Å²) < 4.78 is 2.58. The third kappa shape index (κ3) is 3.44.